The van der Waals surface area contributed by atoms with Crippen LogP contribution in [0.25, 0.3) is 0 Å². The van der Waals surface area contributed by atoms with E-state index in [9.17, 15) is 4.79 Å². The van der Waals surface area contributed by atoms with E-state index in [2.05, 4.69) is 41.1 Å². The van der Waals surface area contributed by atoms with Crippen molar-refractivity contribution in [3.05, 3.63) is 35.9 Å². The maximum atomic E-state index is 11.0. The molecule has 2 rings (SSSR count). The lowest BCUT2D eigenvalue weighted by Gasteiger charge is -2.39. The maximum Gasteiger partial charge on any atom is 0.224 e. The highest BCUT2D eigenvalue weighted by atomic mass is 16.1. The predicted octanol–water partition coefficient (Wildman–Crippen LogP) is 1.59. The summed E-state index contributed by atoms with van der Waals surface area (Å²) < 4.78 is 0. The second kappa shape index (κ2) is 7.26. The van der Waals surface area contributed by atoms with E-state index in [1.807, 2.05) is 11.1 Å². The standard InChI is InChI=1S/C15H23N3O/c1-2-8-18(14-19)17-11-9-16(10-12-17)13-15-6-4-3-5-7-15/h3-7,14H,2,8-13H2,1H3. The Bertz CT molecular complexity index is 374. The van der Waals surface area contributed by atoms with Crippen molar-refractivity contribution in [3.63, 3.8) is 0 Å². The van der Waals surface area contributed by atoms with E-state index in [-0.39, 0.29) is 0 Å². The van der Waals surface area contributed by atoms with Gasteiger partial charge in [-0.05, 0) is 12.0 Å². The van der Waals surface area contributed by atoms with Crippen molar-refractivity contribution in [3.8, 4) is 0 Å². The van der Waals surface area contributed by atoms with Crippen molar-refractivity contribution in [2.75, 3.05) is 32.7 Å². The lowest BCUT2D eigenvalue weighted by atomic mass is 10.2. The maximum absolute atomic E-state index is 11.0. The van der Waals surface area contributed by atoms with Gasteiger partial charge in [-0.1, -0.05) is 37.3 Å². The number of hydrogen-bond donors (Lipinski definition) is 0. The summed E-state index contributed by atoms with van der Waals surface area (Å²) in [5.41, 5.74) is 1.36. The van der Waals surface area contributed by atoms with Crippen LogP contribution in [0.2, 0.25) is 0 Å². The molecule has 1 saturated heterocycles. The van der Waals surface area contributed by atoms with E-state index in [0.717, 1.165) is 52.1 Å². The average Bonchev–Trinajstić information content (AvgIpc) is 2.47. The zero-order valence-electron chi connectivity index (χ0n) is 11.7. The first-order valence-electron chi connectivity index (χ1n) is 7.06. The molecule has 1 heterocycles. The third kappa shape index (κ3) is 4.04. The zero-order chi connectivity index (χ0) is 13.5. The van der Waals surface area contributed by atoms with E-state index in [0.29, 0.717) is 0 Å². The van der Waals surface area contributed by atoms with Gasteiger partial charge in [0.05, 0.1) is 0 Å². The molecule has 0 N–H and O–H groups in total. The molecule has 0 spiro atoms. The van der Waals surface area contributed by atoms with Crippen LogP contribution >= 0.6 is 0 Å². The van der Waals surface area contributed by atoms with Gasteiger partial charge in [-0.3, -0.25) is 14.7 Å². The summed E-state index contributed by atoms with van der Waals surface area (Å²) in [5, 5.41) is 3.98. The summed E-state index contributed by atoms with van der Waals surface area (Å²) in [5.74, 6) is 0. The largest absolute Gasteiger partial charge is 0.296 e. The minimum absolute atomic E-state index is 0.822. The molecule has 0 atom stereocenters. The second-order valence-electron chi connectivity index (χ2n) is 4.98. The third-order valence-corrected chi connectivity index (χ3v) is 3.54. The van der Waals surface area contributed by atoms with Gasteiger partial charge < -0.3 is 0 Å². The smallest absolute Gasteiger partial charge is 0.224 e. The molecule has 1 aromatic rings. The molecule has 104 valence electrons. The van der Waals surface area contributed by atoms with Crippen molar-refractivity contribution in [1.82, 2.24) is 14.9 Å². The lowest BCUT2D eigenvalue weighted by Crippen LogP contribution is -2.53. The van der Waals surface area contributed by atoms with Crippen molar-refractivity contribution in [1.29, 1.82) is 0 Å². The Morgan fingerprint density at radius 3 is 2.42 bits per heavy atom. The summed E-state index contributed by atoms with van der Waals surface area (Å²) >= 11 is 0. The van der Waals surface area contributed by atoms with Crippen LogP contribution in [0.1, 0.15) is 18.9 Å². The second-order valence-corrected chi connectivity index (χ2v) is 4.98. The first-order valence-corrected chi connectivity index (χ1v) is 7.06. The first kappa shape index (κ1) is 14.0. The normalized spacial score (nSPS) is 17.3. The van der Waals surface area contributed by atoms with Gasteiger partial charge in [0, 0.05) is 39.3 Å². The number of amides is 1. The highest BCUT2D eigenvalue weighted by Crippen LogP contribution is 2.09. The quantitative estimate of drug-likeness (QED) is 0.728. The van der Waals surface area contributed by atoms with E-state index in [1.165, 1.54) is 5.56 Å². The third-order valence-electron chi connectivity index (χ3n) is 3.54. The summed E-state index contributed by atoms with van der Waals surface area (Å²) in [6, 6.07) is 10.6. The Labute approximate surface area is 115 Å². The number of carbonyl (C=O) groups excluding carboxylic acids is 1. The molecule has 1 aliphatic rings. The fourth-order valence-corrected chi connectivity index (χ4v) is 2.48. The van der Waals surface area contributed by atoms with Crippen LogP contribution in [0.5, 0.6) is 0 Å². The number of rotatable bonds is 6. The summed E-state index contributed by atoms with van der Waals surface area (Å²) in [6.07, 6.45) is 1.96. The number of carbonyl (C=O) groups is 1. The van der Waals surface area contributed by atoms with Crippen molar-refractivity contribution >= 4 is 6.41 Å². The van der Waals surface area contributed by atoms with E-state index in [1.54, 1.807) is 0 Å². The molecule has 0 unspecified atom stereocenters. The molecule has 0 aliphatic carbocycles. The molecule has 0 aromatic heterocycles. The Balaban J connectivity index is 1.80. The van der Waals surface area contributed by atoms with Gasteiger partial charge in [0.2, 0.25) is 6.41 Å². The fraction of sp³-hybridized carbons (Fsp3) is 0.533. The molecular formula is C15H23N3O. The van der Waals surface area contributed by atoms with E-state index >= 15 is 0 Å². The number of piperazine rings is 1. The topological polar surface area (TPSA) is 26.8 Å². The SMILES string of the molecule is CCCN(C=O)N1CCN(Cc2ccccc2)CC1. The van der Waals surface area contributed by atoms with Gasteiger partial charge >= 0.3 is 0 Å². The van der Waals surface area contributed by atoms with Gasteiger partial charge in [-0.15, -0.1) is 0 Å². The van der Waals surface area contributed by atoms with Crippen LogP contribution in [0, 0.1) is 0 Å². The number of benzene rings is 1. The van der Waals surface area contributed by atoms with E-state index < -0.39 is 0 Å². The van der Waals surface area contributed by atoms with Gasteiger partial charge in [-0.2, -0.15) is 0 Å². The molecule has 1 aliphatic heterocycles. The van der Waals surface area contributed by atoms with Crippen LogP contribution in [0.4, 0.5) is 0 Å². The van der Waals surface area contributed by atoms with E-state index in [4.69, 9.17) is 0 Å². The van der Waals surface area contributed by atoms with Crippen LogP contribution in [0.3, 0.4) is 0 Å². The average molecular weight is 261 g/mol. The highest BCUT2D eigenvalue weighted by Gasteiger charge is 2.20. The number of hydrazine groups is 1. The highest BCUT2D eigenvalue weighted by molar-refractivity contribution is 5.46. The summed E-state index contributed by atoms with van der Waals surface area (Å²) in [4.78, 5) is 13.5. The Morgan fingerprint density at radius 1 is 1.16 bits per heavy atom. The predicted molar refractivity (Wildman–Crippen MR) is 76.4 cm³/mol. The van der Waals surface area contributed by atoms with Gasteiger partial charge in [0.15, 0.2) is 0 Å². The van der Waals surface area contributed by atoms with Crippen molar-refractivity contribution in [2.45, 2.75) is 19.9 Å². The summed E-state index contributed by atoms with van der Waals surface area (Å²) in [7, 11) is 0. The molecule has 0 radical (unpaired) electrons. The van der Waals surface area contributed by atoms with Crippen LogP contribution in [-0.2, 0) is 11.3 Å². The molecule has 1 aromatic carbocycles. The molecule has 0 bridgehead atoms. The molecule has 1 fully saturated rings. The molecule has 0 saturated carbocycles. The minimum atomic E-state index is 0.822. The molecule has 19 heavy (non-hydrogen) atoms. The van der Waals surface area contributed by atoms with Crippen LogP contribution in [0.15, 0.2) is 30.3 Å². The van der Waals surface area contributed by atoms with Crippen molar-refractivity contribution in [2.24, 2.45) is 0 Å². The van der Waals surface area contributed by atoms with Gasteiger partial charge in [0.1, 0.15) is 0 Å². The fourth-order valence-electron chi connectivity index (χ4n) is 2.48. The Kier molecular flexibility index (Phi) is 5.36. The minimum Gasteiger partial charge on any atom is -0.296 e. The van der Waals surface area contributed by atoms with Gasteiger partial charge in [0.25, 0.3) is 0 Å². The number of nitrogens with zero attached hydrogens (tertiary/aromatic N) is 3. The first-order chi connectivity index (χ1) is 9.33. The summed E-state index contributed by atoms with van der Waals surface area (Å²) in [6.45, 7) is 7.83. The van der Waals surface area contributed by atoms with Crippen molar-refractivity contribution < 1.29 is 4.79 Å². The Morgan fingerprint density at radius 2 is 1.84 bits per heavy atom. The molecular weight excluding hydrogens is 238 g/mol. The molecule has 4 nitrogen and oxygen atoms in total. The monoisotopic (exact) mass is 261 g/mol. The lowest BCUT2D eigenvalue weighted by molar-refractivity contribution is -0.138. The van der Waals surface area contributed by atoms with Crippen LogP contribution in [-0.4, -0.2) is 54.1 Å². The molecule has 1 amide bonds. The molecule has 4 heteroatoms. The Hall–Kier alpha value is -1.39. The zero-order valence-corrected chi connectivity index (χ0v) is 11.7. The van der Waals surface area contributed by atoms with Gasteiger partial charge in [-0.25, -0.2) is 5.01 Å². The number of hydrogen-bond acceptors (Lipinski definition) is 3. The van der Waals surface area contributed by atoms with Crippen LogP contribution < -0.4 is 0 Å².